The summed E-state index contributed by atoms with van der Waals surface area (Å²) in [5.74, 6) is -0.0704. The minimum Gasteiger partial charge on any atom is -0.382 e. The van der Waals surface area contributed by atoms with Gasteiger partial charge in [-0.15, -0.1) is 0 Å². The van der Waals surface area contributed by atoms with Crippen molar-refractivity contribution >= 4 is 28.6 Å². The van der Waals surface area contributed by atoms with E-state index in [-0.39, 0.29) is 22.8 Å². The first kappa shape index (κ1) is 23.0. The van der Waals surface area contributed by atoms with Gasteiger partial charge < -0.3 is 11.1 Å². The van der Waals surface area contributed by atoms with Gasteiger partial charge in [-0.05, 0) is 59.5 Å². The van der Waals surface area contributed by atoms with Crippen molar-refractivity contribution < 1.29 is 4.79 Å². The molecule has 0 aliphatic carbocycles. The third-order valence-corrected chi connectivity index (χ3v) is 5.96. The number of imidazole rings is 1. The number of para-hydroxylation sites is 1. The lowest BCUT2D eigenvalue weighted by molar-refractivity contribution is 0.102. The van der Waals surface area contributed by atoms with Crippen LogP contribution in [0, 0.1) is 6.07 Å². The fourth-order valence-corrected chi connectivity index (χ4v) is 4.23. The quantitative estimate of drug-likeness (QED) is 0.396. The van der Waals surface area contributed by atoms with Crippen LogP contribution in [0.25, 0.3) is 22.5 Å². The Morgan fingerprint density at radius 3 is 2.39 bits per heavy atom. The molecular formula is C28H25N6O2. The Morgan fingerprint density at radius 1 is 0.972 bits per heavy atom. The molecule has 2 heterocycles. The standard InChI is InChI=1S/C28H25N6O2/c1-28(2,3)21-11-7-8-12-22(21)34-25-23(24(29)30-17-31-25)33(27(34)36)20-15-13-18(14-16-20)26(35)32-19-9-5-4-6-10-19/h4-7,9-17H,1-3H3,(H,32,35)(H2,29,30,31). The molecular weight excluding hydrogens is 452 g/mol. The van der Waals surface area contributed by atoms with Crippen LogP contribution in [0.15, 0.2) is 83.9 Å². The maximum absolute atomic E-state index is 13.9. The van der Waals surface area contributed by atoms with E-state index in [2.05, 4.69) is 42.1 Å². The van der Waals surface area contributed by atoms with Crippen LogP contribution in [-0.4, -0.2) is 25.0 Å². The molecule has 0 saturated heterocycles. The van der Waals surface area contributed by atoms with Gasteiger partial charge >= 0.3 is 5.69 Å². The van der Waals surface area contributed by atoms with Gasteiger partial charge in [0, 0.05) is 11.3 Å². The highest BCUT2D eigenvalue weighted by Gasteiger charge is 2.25. The largest absolute Gasteiger partial charge is 0.382 e. The fraction of sp³-hybridized carbons (Fsp3) is 0.143. The topological polar surface area (TPSA) is 108 Å². The number of anilines is 2. The Labute approximate surface area is 208 Å². The summed E-state index contributed by atoms with van der Waals surface area (Å²) in [5, 5.41) is 2.86. The van der Waals surface area contributed by atoms with Crippen LogP contribution in [0.4, 0.5) is 11.5 Å². The highest BCUT2D eigenvalue weighted by molar-refractivity contribution is 6.04. The van der Waals surface area contributed by atoms with Gasteiger partial charge in [0.15, 0.2) is 11.5 Å². The number of nitrogens with one attached hydrogen (secondary N) is 1. The number of rotatable bonds is 4. The van der Waals surface area contributed by atoms with Crippen molar-refractivity contribution in [2.75, 3.05) is 11.1 Å². The molecule has 0 bridgehead atoms. The molecule has 1 amide bonds. The van der Waals surface area contributed by atoms with Gasteiger partial charge in [-0.25, -0.2) is 19.3 Å². The van der Waals surface area contributed by atoms with E-state index in [1.807, 2.05) is 42.5 Å². The summed E-state index contributed by atoms with van der Waals surface area (Å²) in [4.78, 5) is 35.1. The van der Waals surface area contributed by atoms with Gasteiger partial charge in [0.1, 0.15) is 11.8 Å². The average Bonchev–Trinajstić information content (AvgIpc) is 3.17. The summed E-state index contributed by atoms with van der Waals surface area (Å²) in [6.45, 7) is 6.25. The first-order valence-corrected chi connectivity index (χ1v) is 11.5. The Hall–Kier alpha value is -4.72. The lowest BCUT2D eigenvalue weighted by Crippen LogP contribution is -2.25. The van der Waals surface area contributed by atoms with Crippen LogP contribution in [0.5, 0.6) is 0 Å². The molecule has 3 aromatic carbocycles. The summed E-state index contributed by atoms with van der Waals surface area (Å²) in [5.41, 5.74) is 9.80. The Bertz CT molecular complexity index is 1630. The predicted molar refractivity (Wildman–Crippen MR) is 141 cm³/mol. The average molecular weight is 478 g/mol. The van der Waals surface area contributed by atoms with E-state index in [1.165, 1.54) is 10.9 Å². The van der Waals surface area contributed by atoms with Gasteiger partial charge in [0.25, 0.3) is 5.91 Å². The van der Waals surface area contributed by atoms with Crippen LogP contribution < -0.4 is 16.7 Å². The number of aromatic nitrogens is 4. The van der Waals surface area contributed by atoms with Gasteiger partial charge in [-0.1, -0.05) is 51.1 Å². The van der Waals surface area contributed by atoms with Crippen LogP contribution in [0.1, 0.15) is 36.7 Å². The van der Waals surface area contributed by atoms with E-state index in [1.54, 1.807) is 34.9 Å². The van der Waals surface area contributed by atoms with Crippen molar-refractivity contribution in [2.24, 2.45) is 0 Å². The molecule has 179 valence electrons. The summed E-state index contributed by atoms with van der Waals surface area (Å²) in [7, 11) is 0. The second kappa shape index (κ2) is 8.81. The molecule has 0 saturated carbocycles. The number of hydrogen-bond acceptors (Lipinski definition) is 5. The zero-order chi connectivity index (χ0) is 25.4. The SMILES string of the molecule is CC(C)(C)c1cc[c]cc1-n1c(=O)n(-c2ccc(C(=O)Nc3ccccc3)cc2)c2c(N)ncnc21. The fourth-order valence-electron chi connectivity index (χ4n) is 4.23. The van der Waals surface area contributed by atoms with E-state index in [0.29, 0.717) is 33.8 Å². The van der Waals surface area contributed by atoms with Crippen molar-refractivity contribution in [3.05, 3.63) is 107 Å². The molecule has 2 aromatic heterocycles. The second-order valence-electron chi connectivity index (χ2n) is 9.44. The summed E-state index contributed by atoms with van der Waals surface area (Å²) in [6.07, 6.45) is 1.35. The molecule has 3 N–H and O–H groups in total. The van der Waals surface area contributed by atoms with Gasteiger partial charge in [-0.2, -0.15) is 0 Å². The number of amides is 1. The van der Waals surface area contributed by atoms with Crippen molar-refractivity contribution in [3.63, 3.8) is 0 Å². The number of carbonyl (C=O) groups excluding carboxylic acids is 1. The maximum Gasteiger partial charge on any atom is 0.339 e. The normalized spacial score (nSPS) is 11.5. The Balaban J connectivity index is 1.64. The van der Waals surface area contributed by atoms with Crippen molar-refractivity contribution in [3.8, 4) is 11.4 Å². The number of fused-ring (bicyclic) bond motifs is 1. The van der Waals surface area contributed by atoms with Gasteiger partial charge in [-0.3, -0.25) is 9.36 Å². The first-order valence-electron chi connectivity index (χ1n) is 11.5. The van der Waals surface area contributed by atoms with Gasteiger partial charge in [0.05, 0.1) is 11.4 Å². The van der Waals surface area contributed by atoms with Crippen molar-refractivity contribution in [1.82, 2.24) is 19.1 Å². The smallest absolute Gasteiger partial charge is 0.339 e. The van der Waals surface area contributed by atoms with Crippen LogP contribution in [0.3, 0.4) is 0 Å². The number of nitrogens with zero attached hydrogens (tertiary/aromatic N) is 4. The minimum absolute atomic E-state index is 0.180. The summed E-state index contributed by atoms with van der Waals surface area (Å²) < 4.78 is 3.02. The van der Waals surface area contributed by atoms with E-state index in [0.717, 1.165) is 5.56 Å². The third-order valence-electron chi connectivity index (χ3n) is 5.96. The number of benzene rings is 3. The van der Waals surface area contributed by atoms with Crippen molar-refractivity contribution in [2.45, 2.75) is 26.2 Å². The minimum atomic E-state index is -0.344. The monoisotopic (exact) mass is 477 g/mol. The van der Waals surface area contributed by atoms with E-state index < -0.39 is 0 Å². The van der Waals surface area contributed by atoms with Gasteiger partial charge in [0.2, 0.25) is 0 Å². The number of carbonyl (C=O) groups is 1. The Morgan fingerprint density at radius 2 is 1.69 bits per heavy atom. The molecule has 0 atom stereocenters. The maximum atomic E-state index is 13.9. The lowest BCUT2D eigenvalue weighted by Gasteiger charge is -2.22. The third kappa shape index (κ3) is 4.02. The lowest BCUT2D eigenvalue weighted by atomic mass is 9.86. The molecule has 5 aromatic rings. The second-order valence-corrected chi connectivity index (χ2v) is 9.44. The van der Waals surface area contributed by atoms with Crippen LogP contribution in [-0.2, 0) is 5.41 Å². The molecule has 1 radical (unpaired) electrons. The molecule has 0 aliphatic rings. The molecule has 8 nitrogen and oxygen atoms in total. The van der Waals surface area contributed by atoms with E-state index in [4.69, 9.17) is 5.73 Å². The number of nitrogens with two attached hydrogens (primary N) is 1. The number of nitrogen functional groups attached to an aromatic ring is 1. The molecule has 0 aliphatic heterocycles. The summed E-state index contributed by atoms with van der Waals surface area (Å²) in [6, 6.07) is 24.6. The zero-order valence-corrected chi connectivity index (χ0v) is 20.2. The van der Waals surface area contributed by atoms with Crippen molar-refractivity contribution in [1.29, 1.82) is 0 Å². The molecule has 0 spiro atoms. The summed E-state index contributed by atoms with van der Waals surface area (Å²) >= 11 is 0. The van der Waals surface area contributed by atoms with Crippen LogP contribution >= 0.6 is 0 Å². The predicted octanol–water partition coefficient (Wildman–Crippen LogP) is 4.50. The Kier molecular flexibility index (Phi) is 5.64. The number of hydrogen-bond donors (Lipinski definition) is 2. The first-order chi connectivity index (χ1) is 17.3. The van der Waals surface area contributed by atoms with E-state index >= 15 is 0 Å². The highest BCUT2D eigenvalue weighted by atomic mass is 16.2. The molecule has 0 fully saturated rings. The van der Waals surface area contributed by atoms with Crippen LogP contribution in [0.2, 0.25) is 0 Å². The molecule has 36 heavy (non-hydrogen) atoms. The van der Waals surface area contributed by atoms with E-state index in [9.17, 15) is 9.59 Å². The zero-order valence-electron chi connectivity index (χ0n) is 20.2. The highest BCUT2D eigenvalue weighted by Crippen LogP contribution is 2.30. The molecule has 8 heteroatoms. The molecule has 0 unspecified atom stereocenters. The molecule has 5 rings (SSSR count).